The summed E-state index contributed by atoms with van der Waals surface area (Å²) in [5, 5.41) is 12.3. The summed E-state index contributed by atoms with van der Waals surface area (Å²) in [5.41, 5.74) is 2.99. The Kier molecular flexibility index (Phi) is 5.03. The summed E-state index contributed by atoms with van der Waals surface area (Å²) in [6, 6.07) is 5.96. The number of aryl methyl sites for hydroxylation is 1. The van der Waals surface area contributed by atoms with Gasteiger partial charge in [-0.2, -0.15) is 11.8 Å². The highest BCUT2D eigenvalue weighted by Gasteiger charge is 2.14. The predicted molar refractivity (Wildman–Crippen MR) is 81.7 cm³/mol. The van der Waals surface area contributed by atoms with Gasteiger partial charge < -0.3 is 15.4 Å². The topological polar surface area (TPSA) is 78.0 Å². The monoisotopic (exact) mass is 293 g/mol. The van der Waals surface area contributed by atoms with Gasteiger partial charge in [-0.15, -0.1) is 0 Å². The van der Waals surface area contributed by atoms with Crippen LogP contribution in [0, 0.1) is 6.92 Å². The zero-order valence-electron chi connectivity index (χ0n) is 11.6. The Morgan fingerprint density at radius 3 is 3.10 bits per heavy atom. The van der Waals surface area contributed by atoms with Crippen molar-refractivity contribution in [1.82, 2.24) is 15.3 Å². The van der Waals surface area contributed by atoms with Crippen LogP contribution in [-0.4, -0.2) is 39.1 Å². The van der Waals surface area contributed by atoms with E-state index in [9.17, 15) is 9.90 Å². The molecule has 2 rings (SSSR count). The highest BCUT2D eigenvalue weighted by Crippen LogP contribution is 2.13. The van der Waals surface area contributed by atoms with E-state index in [-0.39, 0.29) is 5.91 Å². The second-order valence-electron chi connectivity index (χ2n) is 4.72. The van der Waals surface area contributed by atoms with Gasteiger partial charge in [0.15, 0.2) is 0 Å². The van der Waals surface area contributed by atoms with Crippen molar-refractivity contribution in [2.45, 2.75) is 26.0 Å². The molecule has 20 heavy (non-hydrogen) atoms. The number of carbonyl (C=O) groups excluding carboxylic acids is 1. The maximum atomic E-state index is 11.7. The van der Waals surface area contributed by atoms with Crippen molar-refractivity contribution in [3.05, 3.63) is 29.6 Å². The first-order valence-corrected chi connectivity index (χ1v) is 7.89. The van der Waals surface area contributed by atoms with Crippen LogP contribution in [0.1, 0.15) is 17.8 Å². The number of fused-ring (bicyclic) bond motifs is 1. The third kappa shape index (κ3) is 3.74. The highest BCUT2D eigenvalue weighted by atomic mass is 32.2. The van der Waals surface area contributed by atoms with Gasteiger partial charge in [0.1, 0.15) is 11.9 Å². The minimum atomic E-state index is -0.950. The summed E-state index contributed by atoms with van der Waals surface area (Å²) in [5.74, 6) is 1.10. The molecule has 0 saturated carbocycles. The standard InChI is InChI=1S/C14H19N3O2S/c1-9-3-4-10-11(7-9)17-13(16-10)8-15-14(19)12(18)5-6-20-2/h3-4,7,12,18H,5-6,8H2,1-2H3,(H,15,19)(H,16,17)/t12-/m1/s1. The number of benzene rings is 1. The molecule has 1 heterocycles. The maximum absolute atomic E-state index is 11.7. The van der Waals surface area contributed by atoms with Crippen LogP contribution in [0.3, 0.4) is 0 Å². The van der Waals surface area contributed by atoms with Crippen molar-refractivity contribution < 1.29 is 9.90 Å². The number of amides is 1. The van der Waals surface area contributed by atoms with Crippen LogP contribution in [0.15, 0.2) is 18.2 Å². The molecule has 0 saturated heterocycles. The number of rotatable bonds is 6. The SMILES string of the molecule is CSCC[C@@H](O)C(=O)NCc1nc2ccc(C)cc2[nH]1. The van der Waals surface area contributed by atoms with E-state index in [0.717, 1.165) is 22.3 Å². The number of aliphatic hydroxyl groups is 1. The van der Waals surface area contributed by atoms with Crippen LogP contribution in [0.4, 0.5) is 0 Å². The summed E-state index contributed by atoms with van der Waals surface area (Å²) >= 11 is 1.61. The third-order valence-electron chi connectivity index (χ3n) is 3.01. The summed E-state index contributed by atoms with van der Waals surface area (Å²) in [6.07, 6.45) is 1.46. The van der Waals surface area contributed by atoms with Crippen molar-refractivity contribution in [2.75, 3.05) is 12.0 Å². The molecule has 0 aliphatic rings. The van der Waals surface area contributed by atoms with Gasteiger partial charge in [-0.1, -0.05) is 6.07 Å². The van der Waals surface area contributed by atoms with Gasteiger partial charge in [0.2, 0.25) is 5.91 Å². The Balaban J connectivity index is 1.93. The summed E-state index contributed by atoms with van der Waals surface area (Å²) in [4.78, 5) is 19.2. The first-order valence-electron chi connectivity index (χ1n) is 6.50. The molecule has 1 atom stereocenters. The van der Waals surface area contributed by atoms with E-state index in [4.69, 9.17) is 0 Å². The molecule has 6 heteroatoms. The average Bonchev–Trinajstić information content (AvgIpc) is 2.83. The number of hydrogen-bond donors (Lipinski definition) is 3. The number of imidazole rings is 1. The molecule has 0 fully saturated rings. The molecule has 0 aliphatic carbocycles. The van der Waals surface area contributed by atoms with Gasteiger partial charge in [-0.25, -0.2) is 4.98 Å². The van der Waals surface area contributed by atoms with Crippen LogP contribution in [0.2, 0.25) is 0 Å². The number of aromatic amines is 1. The Labute approximate surface area is 122 Å². The fraction of sp³-hybridized carbons (Fsp3) is 0.429. The molecule has 1 amide bonds. The molecule has 0 radical (unpaired) electrons. The van der Waals surface area contributed by atoms with E-state index in [2.05, 4.69) is 15.3 Å². The van der Waals surface area contributed by atoms with E-state index < -0.39 is 6.10 Å². The zero-order valence-corrected chi connectivity index (χ0v) is 12.5. The minimum Gasteiger partial charge on any atom is -0.383 e. The molecule has 108 valence electrons. The van der Waals surface area contributed by atoms with Crippen molar-refractivity contribution in [1.29, 1.82) is 0 Å². The fourth-order valence-corrected chi connectivity index (χ4v) is 2.37. The summed E-state index contributed by atoms with van der Waals surface area (Å²) < 4.78 is 0. The Bertz CT molecular complexity index is 597. The third-order valence-corrected chi connectivity index (χ3v) is 3.66. The smallest absolute Gasteiger partial charge is 0.249 e. The Morgan fingerprint density at radius 1 is 1.55 bits per heavy atom. The van der Waals surface area contributed by atoms with Crippen LogP contribution in [0.25, 0.3) is 11.0 Å². The van der Waals surface area contributed by atoms with Crippen LogP contribution in [0.5, 0.6) is 0 Å². The number of H-pyrrole nitrogens is 1. The van der Waals surface area contributed by atoms with Crippen molar-refractivity contribution >= 4 is 28.7 Å². The van der Waals surface area contributed by atoms with Crippen molar-refractivity contribution in [2.24, 2.45) is 0 Å². The van der Waals surface area contributed by atoms with E-state index in [0.29, 0.717) is 18.8 Å². The molecule has 5 nitrogen and oxygen atoms in total. The van der Waals surface area contributed by atoms with Gasteiger partial charge in [0.05, 0.1) is 17.6 Å². The average molecular weight is 293 g/mol. The first kappa shape index (κ1) is 14.9. The number of hydrogen-bond acceptors (Lipinski definition) is 4. The number of carbonyl (C=O) groups is 1. The lowest BCUT2D eigenvalue weighted by atomic mass is 10.2. The number of thioether (sulfide) groups is 1. The van der Waals surface area contributed by atoms with Crippen LogP contribution in [-0.2, 0) is 11.3 Å². The molecule has 3 N–H and O–H groups in total. The van der Waals surface area contributed by atoms with E-state index in [1.807, 2.05) is 31.4 Å². The van der Waals surface area contributed by atoms with E-state index >= 15 is 0 Å². The molecule has 0 unspecified atom stereocenters. The second-order valence-corrected chi connectivity index (χ2v) is 5.70. The molecule has 2 aromatic rings. The number of nitrogens with zero attached hydrogens (tertiary/aromatic N) is 1. The van der Waals surface area contributed by atoms with Gasteiger partial charge in [0, 0.05) is 0 Å². The van der Waals surface area contributed by atoms with Gasteiger partial charge in [-0.05, 0) is 43.0 Å². The normalized spacial score (nSPS) is 12.6. The summed E-state index contributed by atoms with van der Waals surface area (Å²) in [6.45, 7) is 2.31. The quantitative estimate of drug-likeness (QED) is 0.756. The van der Waals surface area contributed by atoms with Gasteiger partial charge in [0.25, 0.3) is 0 Å². The zero-order chi connectivity index (χ0) is 14.5. The lowest BCUT2D eigenvalue weighted by Crippen LogP contribution is -2.34. The summed E-state index contributed by atoms with van der Waals surface area (Å²) in [7, 11) is 0. The first-order chi connectivity index (χ1) is 9.60. The molecular formula is C14H19N3O2S. The number of aliphatic hydroxyl groups excluding tert-OH is 1. The lowest BCUT2D eigenvalue weighted by molar-refractivity contribution is -0.129. The van der Waals surface area contributed by atoms with Crippen molar-refractivity contribution in [3.8, 4) is 0 Å². The van der Waals surface area contributed by atoms with E-state index in [1.165, 1.54) is 0 Å². The van der Waals surface area contributed by atoms with Gasteiger partial charge >= 0.3 is 0 Å². The molecule has 0 spiro atoms. The fourth-order valence-electron chi connectivity index (χ4n) is 1.91. The van der Waals surface area contributed by atoms with Crippen LogP contribution < -0.4 is 5.32 Å². The van der Waals surface area contributed by atoms with Crippen LogP contribution >= 0.6 is 11.8 Å². The highest BCUT2D eigenvalue weighted by molar-refractivity contribution is 7.98. The number of nitrogens with one attached hydrogen (secondary N) is 2. The van der Waals surface area contributed by atoms with Crippen molar-refractivity contribution in [3.63, 3.8) is 0 Å². The maximum Gasteiger partial charge on any atom is 0.249 e. The lowest BCUT2D eigenvalue weighted by Gasteiger charge is -2.09. The largest absolute Gasteiger partial charge is 0.383 e. The molecule has 0 bridgehead atoms. The second kappa shape index (κ2) is 6.76. The van der Waals surface area contributed by atoms with E-state index in [1.54, 1.807) is 11.8 Å². The molecular weight excluding hydrogens is 274 g/mol. The number of aromatic nitrogens is 2. The molecule has 1 aromatic heterocycles. The molecule has 0 aliphatic heterocycles. The Hall–Kier alpha value is -1.53. The minimum absolute atomic E-state index is 0.295. The predicted octanol–water partition coefficient (Wildman–Crippen LogP) is 1.60. The van der Waals surface area contributed by atoms with Gasteiger partial charge in [-0.3, -0.25) is 4.79 Å². The molecule has 1 aromatic carbocycles. The Morgan fingerprint density at radius 2 is 2.35 bits per heavy atom.